The highest BCUT2D eigenvalue weighted by Crippen LogP contribution is 2.36. The summed E-state index contributed by atoms with van der Waals surface area (Å²) < 4.78 is 0. The topological polar surface area (TPSA) is 24.1 Å². The fourth-order valence-corrected chi connectivity index (χ4v) is 8.05. The lowest BCUT2D eigenvalue weighted by Gasteiger charge is -2.47. The van der Waals surface area contributed by atoms with Gasteiger partial charge < -0.3 is 10.6 Å². The first-order valence-electron chi connectivity index (χ1n) is 17.8. The van der Waals surface area contributed by atoms with Crippen LogP contribution in [0, 0.1) is 17.8 Å². The molecule has 4 unspecified atom stereocenters. The summed E-state index contributed by atoms with van der Waals surface area (Å²) in [5, 5.41) is 8.23. The molecule has 0 radical (unpaired) electrons. The number of unbranched alkanes of at least 4 members (excludes halogenated alkanes) is 15. The summed E-state index contributed by atoms with van der Waals surface area (Å²) in [6.45, 7) is 5.87. The number of hydrogen-bond acceptors (Lipinski definition) is 2. The van der Waals surface area contributed by atoms with E-state index in [-0.39, 0.29) is 0 Å². The van der Waals surface area contributed by atoms with Gasteiger partial charge in [-0.25, -0.2) is 0 Å². The number of hydrogen-bond donors (Lipinski definition) is 2. The van der Waals surface area contributed by atoms with E-state index < -0.39 is 0 Å². The summed E-state index contributed by atoms with van der Waals surface area (Å²) in [6.07, 6.45) is 38.2. The first-order chi connectivity index (χ1) is 18.3. The molecule has 3 fully saturated rings. The molecular formula is C35H68N2. The van der Waals surface area contributed by atoms with Crippen molar-refractivity contribution in [3.8, 4) is 0 Å². The zero-order valence-corrected chi connectivity index (χ0v) is 25.6. The van der Waals surface area contributed by atoms with Crippen molar-refractivity contribution in [2.45, 2.75) is 199 Å². The summed E-state index contributed by atoms with van der Waals surface area (Å²) in [4.78, 5) is 0. The number of piperazine rings is 1. The molecule has 2 nitrogen and oxygen atoms in total. The van der Waals surface area contributed by atoms with Gasteiger partial charge in [0.15, 0.2) is 0 Å². The fraction of sp³-hybridized carbons (Fsp3) is 1.00. The maximum atomic E-state index is 4.18. The van der Waals surface area contributed by atoms with Crippen molar-refractivity contribution in [2.75, 3.05) is 6.54 Å². The van der Waals surface area contributed by atoms with Gasteiger partial charge in [0.05, 0.1) is 0 Å². The summed E-state index contributed by atoms with van der Waals surface area (Å²) in [5.41, 5.74) is 0. The average molecular weight is 517 g/mol. The van der Waals surface area contributed by atoms with E-state index in [4.69, 9.17) is 0 Å². The van der Waals surface area contributed by atoms with Crippen LogP contribution in [0.4, 0.5) is 0 Å². The van der Waals surface area contributed by atoms with Gasteiger partial charge in [-0.05, 0) is 49.9 Å². The van der Waals surface area contributed by atoms with Crippen LogP contribution in [-0.4, -0.2) is 24.7 Å². The van der Waals surface area contributed by atoms with E-state index in [1.807, 2.05) is 0 Å². The van der Waals surface area contributed by atoms with Gasteiger partial charge in [0.2, 0.25) is 0 Å². The molecule has 218 valence electrons. The Morgan fingerprint density at radius 1 is 0.459 bits per heavy atom. The maximum Gasteiger partial charge on any atom is 0.0224 e. The van der Waals surface area contributed by atoms with E-state index >= 15 is 0 Å². The first-order valence-corrected chi connectivity index (χ1v) is 17.8. The Morgan fingerprint density at radius 3 is 1.51 bits per heavy atom. The highest BCUT2D eigenvalue weighted by molar-refractivity contribution is 4.98. The van der Waals surface area contributed by atoms with Gasteiger partial charge in [0, 0.05) is 24.7 Å². The van der Waals surface area contributed by atoms with E-state index in [1.165, 1.54) is 173 Å². The molecule has 2 heteroatoms. The van der Waals surface area contributed by atoms with Gasteiger partial charge in [-0.3, -0.25) is 0 Å². The highest BCUT2D eigenvalue weighted by Gasteiger charge is 2.38. The molecular weight excluding hydrogens is 448 g/mol. The second-order valence-corrected chi connectivity index (χ2v) is 13.7. The predicted octanol–water partition coefficient (Wildman–Crippen LogP) is 10.3. The molecule has 0 aromatic carbocycles. The normalized spacial score (nSPS) is 30.3. The molecule has 0 aromatic heterocycles. The smallest absolute Gasteiger partial charge is 0.0224 e. The molecule has 1 aliphatic heterocycles. The SMILES string of the molecule is CCCCCCCCCCCCC1CCC(C2CNC3CC(CCCCCCCCC)CCC3N2)CC1. The standard InChI is InChI=1S/C35H68N2/c1-3-5-7-9-11-12-13-15-16-18-20-30-22-25-32(26-23-30)35-29-36-34-28-31(24-27-33(34)37-35)21-19-17-14-10-8-6-4-2/h30-37H,3-29H2,1-2H3. The Hall–Kier alpha value is -0.0800. The zero-order chi connectivity index (χ0) is 26.0. The van der Waals surface area contributed by atoms with E-state index in [0.717, 1.165) is 35.9 Å². The van der Waals surface area contributed by atoms with Gasteiger partial charge in [-0.2, -0.15) is 0 Å². The second kappa shape index (κ2) is 19.9. The van der Waals surface area contributed by atoms with Crippen LogP contribution in [0.15, 0.2) is 0 Å². The van der Waals surface area contributed by atoms with Crippen molar-refractivity contribution in [2.24, 2.45) is 17.8 Å². The number of nitrogens with one attached hydrogen (secondary N) is 2. The molecule has 4 atom stereocenters. The van der Waals surface area contributed by atoms with Crippen molar-refractivity contribution < 1.29 is 0 Å². The summed E-state index contributed by atoms with van der Waals surface area (Å²) in [6, 6.07) is 2.26. The van der Waals surface area contributed by atoms with Crippen LogP contribution in [0.25, 0.3) is 0 Å². The Kier molecular flexibility index (Phi) is 16.9. The molecule has 0 amide bonds. The Bertz CT molecular complexity index is 525. The van der Waals surface area contributed by atoms with Crippen LogP contribution < -0.4 is 10.6 Å². The van der Waals surface area contributed by atoms with Crippen LogP contribution in [0.2, 0.25) is 0 Å². The van der Waals surface area contributed by atoms with Crippen molar-refractivity contribution in [1.82, 2.24) is 10.6 Å². The van der Waals surface area contributed by atoms with Crippen LogP contribution in [-0.2, 0) is 0 Å². The average Bonchev–Trinajstić information content (AvgIpc) is 2.93. The lowest BCUT2D eigenvalue weighted by Crippen LogP contribution is -2.64. The molecule has 0 bridgehead atoms. The Balaban J connectivity index is 1.18. The third-order valence-electron chi connectivity index (χ3n) is 10.6. The molecule has 2 aliphatic carbocycles. The molecule has 1 heterocycles. The van der Waals surface area contributed by atoms with Gasteiger partial charge in [0.25, 0.3) is 0 Å². The van der Waals surface area contributed by atoms with E-state index in [2.05, 4.69) is 24.5 Å². The third kappa shape index (κ3) is 12.8. The number of rotatable bonds is 20. The lowest BCUT2D eigenvalue weighted by molar-refractivity contribution is 0.122. The van der Waals surface area contributed by atoms with E-state index in [0.29, 0.717) is 0 Å². The predicted molar refractivity (Wildman–Crippen MR) is 164 cm³/mol. The van der Waals surface area contributed by atoms with Gasteiger partial charge in [-0.15, -0.1) is 0 Å². The molecule has 37 heavy (non-hydrogen) atoms. The minimum absolute atomic E-state index is 0.749. The largest absolute Gasteiger partial charge is 0.311 e. The molecule has 0 aromatic rings. The summed E-state index contributed by atoms with van der Waals surface area (Å²) in [7, 11) is 0. The first kappa shape index (κ1) is 31.4. The van der Waals surface area contributed by atoms with Crippen molar-refractivity contribution >= 4 is 0 Å². The van der Waals surface area contributed by atoms with Gasteiger partial charge in [-0.1, -0.05) is 149 Å². The van der Waals surface area contributed by atoms with E-state index in [1.54, 1.807) is 0 Å². The fourth-order valence-electron chi connectivity index (χ4n) is 8.05. The van der Waals surface area contributed by atoms with Gasteiger partial charge in [0.1, 0.15) is 0 Å². The van der Waals surface area contributed by atoms with Crippen molar-refractivity contribution in [3.63, 3.8) is 0 Å². The molecule has 3 rings (SSSR count). The second-order valence-electron chi connectivity index (χ2n) is 13.7. The van der Waals surface area contributed by atoms with E-state index in [9.17, 15) is 0 Å². The lowest BCUT2D eigenvalue weighted by atomic mass is 9.74. The minimum atomic E-state index is 0.749. The zero-order valence-electron chi connectivity index (χ0n) is 25.6. The summed E-state index contributed by atoms with van der Waals surface area (Å²) in [5.74, 6) is 2.96. The van der Waals surface area contributed by atoms with Crippen LogP contribution in [0.3, 0.4) is 0 Å². The summed E-state index contributed by atoms with van der Waals surface area (Å²) >= 11 is 0. The molecule has 1 saturated heterocycles. The minimum Gasteiger partial charge on any atom is -0.311 e. The van der Waals surface area contributed by atoms with Crippen molar-refractivity contribution in [3.05, 3.63) is 0 Å². The maximum absolute atomic E-state index is 4.18. The third-order valence-corrected chi connectivity index (χ3v) is 10.6. The Labute approximate surface area is 233 Å². The monoisotopic (exact) mass is 517 g/mol. The quantitative estimate of drug-likeness (QED) is 0.157. The Morgan fingerprint density at radius 2 is 0.946 bits per heavy atom. The molecule has 2 N–H and O–H groups in total. The van der Waals surface area contributed by atoms with Crippen molar-refractivity contribution in [1.29, 1.82) is 0 Å². The molecule has 3 aliphatic rings. The van der Waals surface area contributed by atoms with Gasteiger partial charge >= 0.3 is 0 Å². The molecule has 0 spiro atoms. The number of fused-ring (bicyclic) bond motifs is 1. The van der Waals surface area contributed by atoms with Crippen LogP contribution in [0.5, 0.6) is 0 Å². The molecule has 2 saturated carbocycles. The van der Waals surface area contributed by atoms with Crippen LogP contribution >= 0.6 is 0 Å². The highest BCUT2D eigenvalue weighted by atomic mass is 15.1. The van der Waals surface area contributed by atoms with Crippen LogP contribution in [0.1, 0.15) is 181 Å².